The zero-order valence-electron chi connectivity index (χ0n) is 22.0. The van der Waals surface area contributed by atoms with Crippen LogP contribution in [0.3, 0.4) is 0 Å². The number of rotatable bonds is 7. The number of aliphatic imine (C=N–C) groups is 1. The minimum absolute atomic E-state index is 0.0775. The molecule has 6 rings (SSSR count). The number of nitrogens with zero attached hydrogens (tertiary/aromatic N) is 6. The van der Waals surface area contributed by atoms with Crippen LogP contribution in [0.5, 0.6) is 0 Å². The number of anilines is 1. The van der Waals surface area contributed by atoms with Crippen LogP contribution in [-0.4, -0.2) is 94.6 Å². The molecule has 0 saturated carbocycles. The van der Waals surface area contributed by atoms with Crippen LogP contribution >= 0.6 is 22.9 Å². The van der Waals surface area contributed by atoms with Gasteiger partial charge in [0, 0.05) is 54.0 Å². The molecule has 16 heteroatoms. The number of amidine groups is 1. The van der Waals surface area contributed by atoms with Crippen LogP contribution in [0.4, 0.5) is 15.2 Å². The molecule has 0 bridgehead atoms. The fraction of sp³-hybridized carbons (Fsp3) is 0.308. The molecule has 3 aromatic rings. The van der Waals surface area contributed by atoms with E-state index in [9.17, 15) is 18.8 Å². The quantitative estimate of drug-likeness (QED) is 0.379. The zero-order chi connectivity index (χ0) is 29.5. The Bertz CT molecular complexity index is 1630. The number of hydrogen-bond donors (Lipinski definition) is 2. The minimum atomic E-state index is -1.25. The van der Waals surface area contributed by atoms with Crippen molar-refractivity contribution in [3.05, 3.63) is 74.4 Å². The normalized spacial score (nSPS) is 20.8. The molecular formula is C26H23ClFN7O6S. The number of hydrogen-bond acceptors (Lipinski definition) is 11. The Hall–Kier alpha value is -4.34. The summed E-state index contributed by atoms with van der Waals surface area (Å²) in [7, 11) is 1.27. The summed E-state index contributed by atoms with van der Waals surface area (Å²) < 4.78 is 24.3. The number of methoxy groups -OCH3 is 1. The third-order valence-corrected chi connectivity index (χ3v) is 8.29. The van der Waals surface area contributed by atoms with E-state index in [1.54, 1.807) is 16.5 Å². The lowest BCUT2D eigenvalue weighted by atomic mass is 9.95. The van der Waals surface area contributed by atoms with Gasteiger partial charge in [0.1, 0.15) is 18.1 Å². The van der Waals surface area contributed by atoms with Crippen molar-refractivity contribution in [3.63, 3.8) is 0 Å². The number of piperazine rings is 1. The maximum Gasteiger partial charge on any atom is 0.357 e. The van der Waals surface area contributed by atoms with Crippen molar-refractivity contribution in [3.8, 4) is 0 Å². The van der Waals surface area contributed by atoms with E-state index in [2.05, 4.69) is 20.2 Å². The second-order valence-corrected chi connectivity index (χ2v) is 11.0. The number of esters is 1. The Morgan fingerprint density at radius 1 is 1.31 bits per heavy atom. The SMILES string of the molecule is COC(=O)C1=C(CN2CCN3C(=O)N(c4nc(C(=O)O)co4)C[C@@H]3C2)NC(c2nccs2)=N[C@H]1c1ccc(F)cc1Cl. The first-order valence-electron chi connectivity index (χ1n) is 12.7. The molecule has 2 saturated heterocycles. The summed E-state index contributed by atoms with van der Waals surface area (Å²) in [5, 5.41) is 14.9. The first-order chi connectivity index (χ1) is 20.2. The van der Waals surface area contributed by atoms with Crippen molar-refractivity contribution in [2.45, 2.75) is 12.1 Å². The standard InChI is InChI=1S/C26H23ClFN7O6S/c1-40-24(38)19-17(30-21(22-29-4-7-42-22)32-20(19)15-3-2-13(28)8-16(15)27)11-33-5-6-34-14(9-33)10-35(26(34)39)25-31-18(12-41-25)23(36)37/h2-4,7-8,12,14,20H,5-6,9-11H2,1H3,(H,30,32)(H,36,37)/t14-,20-/m0/s1. The van der Waals surface area contributed by atoms with Gasteiger partial charge in [0.15, 0.2) is 16.5 Å². The topological polar surface area (TPSA) is 154 Å². The molecule has 2 fully saturated rings. The third-order valence-electron chi connectivity index (χ3n) is 7.18. The number of carboxylic acid groups (broad SMARTS) is 1. The maximum atomic E-state index is 13.9. The molecule has 218 valence electrons. The van der Waals surface area contributed by atoms with E-state index in [0.717, 1.165) is 6.26 Å². The van der Waals surface area contributed by atoms with Gasteiger partial charge in [-0.1, -0.05) is 17.7 Å². The first kappa shape index (κ1) is 27.8. The molecule has 2 aromatic heterocycles. The van der Waals surface area contributed by atoms with E-state index in [-0.39, 0.29) is 47.5 Å². The van der Waals surface area contributed by atoms with Crippen LogP contribution in [0.25, 0.3) is 0 Å². The van der Waals surface area contributed by atoms with Gasteiger partial charge in [0.2, 0.25) is 0 Å². The Balaban J connectivity index is 1.29. The smallest absolute Gasteiger partial charge is 0.357 e. The summed E-state index contributed by atoms with van der Waals surface area (Å²) in [6.07, 6.45) is 2.63. The fourth-order valence-corrected chi connectivity index (χ4v) is 6.11. The van der Waals surface area contributed by atoms with Gasteiger partial charge >= 0.3 is 24.0 Å². The summed E-state index contributed by atoms with van der Waals surface area (Å²) in [4.78, 5) is 55.6. The lowest BCUT2D eigenvalue weighted by Gasteiger charge is -2.38. The summed E-state index contributed by atoms with van der Waals surface area (Å²) in [5.41, 5.74) is 0.878. The third kappa shape index (κ3) is 5.10. The van der Waals surface area contributed by atoms with Gasteiger partial charge in [-0.25, -0.2) is 28.7 Å². The Morgan fingerprint density at radius 3 is 2.83 bits per heavy atom. The van der Waals surface area contributed by atoms with Crippen molar-refractivity contribution in [2.75, 3.05) is 44.7 Å². The van der Waals surface area contributed by atoms with Crippen molar-refractivity contribution in [2.24, 2.45) is 4.99 Å². The molecule has 13 nitrogen and oxygen atoms in total. The number of thiazole rings is 1. The highest BCUT2D eigenvalue weighted by atomic mass is 35.5. The highest BCUT2D eigenvalue weighted by Gasteiger charge is 2.44. The Morgan fingerprint density at radius 2 is 2.14 bits per heavy atom. The second kappa shape index (κ2) is 11.2. The molecule has 0 radical (unpaired) electrons. The monoisotopic (exact) mass is 615 g/mol. The molecule has 0 unspecified atom stereocenters. The molecule has 2 atom stereocenters. The highest BCUT2D eigenvalue weighted by Crippen LogP contribution is 2.37. The molecule has 0 spiro atoms. The number of carboxylic acids is 1. The molecule has 2 amide bonds. The highest BCUT2D eigenvalue weighted by molar-refractivity contribution is 7.11. The Kier molecular flexibility index (Phi) is 7.38. The molecule has 3 aliphatic heterocycles. The van der Waals surface area contributed by atoms with Crippen molar-refractivity contribution >= 4 is 52.8 Å². The Labute approximate surface area is 246 Å². The number of carbonyl (C=O) groups is 3. The zero-order valence-corrected chi connectivity index (χ0v) is 23.6. The fourth-order valence-electron chi connectivity index (χ4n) is 5.25. The second-order valence-electron chi connectivity index (χ2n) is 9.69. The number of aromatic carboxylic acids is 1. The minimum Gasteiger partial charge on any atom is -0.476 e. The molecule has 5 heterocycles. The molecule has 2 N–H and O–H groups in total. The molecule has 3 aliphatic rings. The van der Waals surface area contributed by atoms with Crippen LogP contribution in [0, 0.1) is 5.82 Å². The number of ether oxygens (including phenoxy) is 1. The number of aromatic nitrogens is 2. The van der Waals surface area contributed by atoms with Crippen LogP contribution in [-0.2, 0) is 9.53 Å². The van der Waals surface area contributed by atoms with E-state index in [4.69, 9.17) is 30.9 Å². The van der Waals surface area contributed by atoms with Crippen LogP contribution in [0.15, 0.2) is 56.7 Å². The van der Waals surface area contributed by atoms with Gasteiger partial charge in [-0.15, -0.1) is 11.3 Å². The van der Waals surface area contributed by atoms with Gasteiger partial charge in [-0.3, -0.25) is 9.89 Å². The first-order valence-corrected chi connectivity index (χ1v) is 14.0. The van der Waals surface area contributed by atoms with Gasteiger partial charge in [-0.05, 0) is 12.1 Å². The van der Waals surface area contributed by atoms with Gasteiger partial charge in [-0.2, -0.15) is 4.98 Å². The van der Waals surface area contributed by atoms with E-state index in [1.807, 2.05) is 0 Å². The average Bonchev–Trinajstić information content (AvgIpc) is 3.73. The van der Waals surface area contributed by atoms with Crippen molar-refractivity contribution in [1.29, 1.82) is 0 Å². The summed E-state index contributed by atoms with van der Waals surface area (Å²) >= 11 is 7.79. The number of nitrogens with one attached hydrogen (secondary N) is 1. The lowest BCUT2D eigenvalue weighted by molar-refractivity contribution is -0.136. The molecule has 1 aromatic carbocycles. The molecule has 0 aliphatic carbocycles. The summed E-state index contributed by atoms with van der Waals surface area (Å²) in [6.45, 7) is 1.82. The molecule has 42 heavy (non-hydrogen) atoms. The van der Waals surface area contributed by atoms with Crippen LogP contribution in [0.2, 0.25) is 5.02 Å². The van der Waals surface area contributed by atoms with Gasteiger partial charge in [0.25, 0.3) is 0 Å². The number of oxazole rings is 1. The van der Waals surface area contributed by atoms with E-state index in [1.165, 1.54) is 41.5 Å². The molecular weight excluding hydrogens is 593 g/mol. The van der Waals surface area contributed by atoms with Gasteiger partial charge in [0.05, 0.1) is 25.3 Å². The van der Waals surface area contributed by atoms with E-state index < -0.39 is 23.8 Å². The summed E-state index contributed by atoms with van der Waals surface area (Å²) in [6, 6.07) is 2.38. The van der Waals surface area contributed by atoms with Crippen molar-refractivity contribution < 1.29 is 33.0 Å². The van der Waals surface area contributed by atoms with E-state index in [0.29, 0.717) is 41.7 Å². The van der Waals surface area contributed by atoms with Crippen LogP contribution in [0.1, 0.15) is 27.1 Å². The predicted molar refractivity (Wildman–Crippen MR) is 148 cm³/mol. The average molecular weight is 616 g/mol. The largest absolute Gasteiger partial charge is 0.476 e. The number of amides is 2. The number of benzene rings is 1. The predicted octanol–water partition coefficient (Wildman–Crippen LogP) is 2.77. The number of urea groups is 1. The van der Waals surface area contributed by atoms with Crippen LogP contribution < -0.4 is 10.2 Å². The number of halogens is 2. The lowest BCUT2D eigenvalue weighted by Crippen LogP contribution is -2.53. The van der Waals surface area contributed by atoms with E-state index >= 15 is 0 Å². The summed E-state index contributed by atoms with van der Waals surface area (Å²) in [5.74, 6) is -1.97. The van der Waals surface area contributed by atoms with Gasteiger partial charge < -0.3 is 24.5 Å². The van der Waals surface area contributed by atoms with Crippen molar-refractivity contribution in [1.82, 2.24) is 25.1 Å². The number of fused-ring (bicyclic) bond motifs is 1. The number of carbonyl (C=O) groups excluding carboxylic acids is 2. The maximum absolute atomic E-state index is 13.9.